The largest absolute Gasteiger partial charge is 0.462 e. The first kappa shape index (κ1) is 25.1. The highest BCUT2D eigenvalue weighted by Crippen LogP contribution is 2.31. The summed E-state index contributed by atoms with van der Waals surface area (Å²) in [6.45, 7) is 3.06. The third kappa shape index (κ3) is 6.73. The van der Waals surface area contributed by atoms with Crippen molar-refractivity contribution in [1.29, 1.82) is 0 Å². The van der Waals surface area contributed by atoms with Crippen molar-refractivity contribution in [2.75, 3.05) is 6.61 Å². The van der Waals surface area contributed by atoms with Gasteiger partial charge in [0, 0.05) is 20.8 Å². The molecule has 1 aromatic heterocycles. The summed E-state index contributed by atoms with van der Waals surface area (Å²) in [4.78, 5) is 48.5. The van der Waals surface area contributed by atoms with Crippen LogP contribution in [-0.2, 0) is 28.6 Å². The molecule has 0 bridgehead atoms. The second kappa shape index (κ2) is 11.5. The zero-order valence-corrected chi connectivity index (χ0v) is 19.3. The lowest BCUT2D eigenvalue weighted by atomic mass is 10.1. The fourth-order valence-corrected chi connectivity index (χ4v) is 3.20. The quantitative estimate of drug-likeness (QED) is 0.280. The van der Waals surface area contributed by atoms with Crippen LogP contribution < -0.4 is 5.56 Å². The number of hydrogen-bond acceptors (Lipinski definition) is 9. The number of carbonyl (C=O) groups excluding carboxylic acids is 3. The third-order valence-electron chi connectivity index (χ3n) is 4.61. The molecule has 0 amide bonds. The van der Waals surface area contributed by atoms with Crippen LogP contribution in [0.15, 0.2) is 75.7 Å². The molecule has 2 atom stereocenters. The molecule has 11 nitrogen and oxygen atoms in total. The van der Waals surface area contributed by atoms with Crippen molar-refractivity contribution in [3.05, 3.63) is 76.7 Å². The van der Waals surface area contributed by atoms with Crippen LogP contribution in [0, 0.1) is 0 Å². The minimum absolute atomic E-state index is 0.00661. The van der Waals surface area contributed by atoms with Crippen LogP contribution in [0.4, 0.5) is 11.4 Å². The second-order valence-corrected chi connectivity index (χ2v) is 7.37. The average molecular weight is 480 g/mol. The van der Waals surface area contributed by atoms with Crippen molar-refractivity contribution in [2.45, 2.75) is 33.0 Å². The number of aromatic amines is 1. The van der Waals surface area contributed by atoms with Crippen LogP contribution in [0.3, 0.4) is 0 Å². The molecule has 1 heterocycles. The van der Waals surface area contributed by atoms with Gasteiger partial charge in [-0.3, -0.25) is 24.3 Å². The molecule has 35 heavy (non-hydrogen) atoms. The summed E-state index contributed by atoms with van der Waals surface area (Å²) in [5.41, 5.74) is 0.199. The van der Waals surface area contributed by atoms with Crippen LogP contribution in [-0.4, -0.2) is 40.4 Å². The van der Waals surface area contributed by atoms with Crippen molar-refractivity contribution in [1.82, 2.24) is 9.78 Å². The maximum Gasteiger partial charge on any atom is 0.303 e. The molecule has 0 aliphatic carbocycles. The maximum atomic E-state index is 13.4. The number of benzene rings is 2. The number of carbonyl (C=O) groups is 3. The Morgan fingerprint density at radius 1 is 0.857 bits per heavy atom. The summed E-state index contributed by atoms with van der Waals surface area (Å²) in [6.07, 6.45) is -2.63. The van der Waals surface area contributed by atoms with Gasteiger partial charge in [0.25, 0.3) is 5.56 Å². The SMILES string of the molecule is CC(=O)OC[C@H](OC(C)=O)[C@@H](OC(C)=O)c1[nH]n(-c2ccccc2)c(=O)c1N=Nc1ccccc1. The summed E-state index contributed by atoms with van der Waals surface area (Å²) in [5.74, 6) is -2.08. The number of ether oxygens (including phenoxy) is 3. The Hall–Kier alpha value is -4.54. The first-order valence-electron chi connectivity index (χ1n) is 10.6. The minimum atomic E-state index is -1.36. The Balaban J connectivity index is 2.18. The van der Waals surface area contributed by atoms with E-state index < -0.39 is 42.3 Å². The van der Waals surface area contributed by atoms with Gasteiger partial charge in [0.05, 0.1) is 11.4 Å². The molecule has 2 aromatic carbocycles. The van der Waals surface area contributed by atoms with Crippen LogP contribution in [0.1, 0.15) is 32.6 Å². The van der Waals surface area contributed by atoms with Gasteiger partial charge in [0.1, 0.15) is 12.3 Å². The molecule has 182 valence electrons. The van der Waals surface area contributed by atoms with Gasteiger partial charge in [-0.2, -0.15) is 5.11 Å². The Kier molecular flexibility index (Phi) is 8.28. The zero-order chi connectivity index (χ0) is 25.4. The Labute approximate surface area is 200 Å². The summed E-state index contributed by atoms with van der Waals surface area (Å²) >= 11 is 0. The standard InChI is InChI=1S/C24H24N4O7/c1-15(29)33-14-20(34-16(2)30)23(35-17(3)31)21-22(26-25-18-10-6-4-7-11-18)24(32)28(27-21)19-12-8-5-9-13-19/h4-13,20,23,27H,14H2,1-3H3/t20-,23+/m0/s1. The fraction of sp³-hybridized carbons (Fsp3) is 0.250. The molecule has 0 aliphatic rings. The molecule has 0 saturated heterocycles. The highest BCUT2D eigenvalue weighted by molar-refractivity contribution is 5.68. The van der Waals surface area contributed by atoms with Gasteiger partial charge in [-0.15, -0.1) is 5.11 Å². The van der Waals surface area contributed by atoms with E-state index in [2.05, 4.69) is 15.3 Å². The monoisotopic (exact) mass is 480 g/mol. The van der Waals surface area contributed by atoms with Gasteiger partial charge >= 0.3 is 17.9 Å². The van der Waals surface area contributed by atoms with E-state index in [1.807, 2.05) is 0 Å². The topological polar surface area (TPSA) is 141 Å². The van der Waals surface area contributed by atoms with Gasteiger partial charge in [-0.25, -0.2) is 4.68 Å². The highest BCUT2D eigenvalue weighted by atomic mass is 16.6. The van der Waals surface area contributed by atoms with Gasteiger partial charge in [-0.1, -0.05) is 36.4 Å². The molecule has 0 saturated carbocycles. The number of nitrogens with zero attached hydrogens (tertiary/aromatic N) is 3. The molecule has 3 aromatic rings. The molecule has 0 aliphatic heterocycles. The molecule has 1 N–H and O–H groups in total. The van der Waals surface area contributed by atoms with E-state index in [1.165, 1.54) is 11.6 Å². The predicted molar refractivity (Wildman–Crippen MR) is 124 cm³/mol. The summed E-state index contributed by atoms with van der Waals surface area (Å²) < 4.78 is 16.9. The van der Waals surface area contributed by atoms with E-state index in [1.54, 1.807) is 60.7 Å². The van der Waals surface area contributed by atoms with Crippen molar-refractivity contribution < 1.29 is 28.6 Å². The number of aromatic nitrogens is 2. The number of esters is 3. The van der Waals surface area contributed by atoms with Crippen LogP contribution in [0.5, 0.6) is 0 Å². The summed E-state index contributed by atoms with van der Waals surface area (Å²) in [7, 11) is 0. The molecule has 0 unspecified atom stereocenters. The third-order valence-corrected chi connectivity index (χ3v) is 4.61. The Morgan fingerprint density at radius 2 is 1.46 bits per heavy atom. The van der Waals surface area contributed by atoms with Crippen LogP contribution in [0.2, 0.25) is 0 Å². The fourth-order valence-electron chi connectivity index (χ4n) is 3.20. The second-order valence-electron chi connectivity index (χ2n) is 7.37. The molecule has 0 fully saturated rings. The molecule has 3 rings (SSSR count). The smallest absolute Gasteiger partial charge is 0.303 e. The van der Waals surface area contributed by atoms with E-state index in [4.69, 9.17) is 14.2 Å². The lowest BCUT2D eigenvalue weighted by Gasteiger charge is -2.25. The summed E-state index contributed by atoms with van der Waals surface area (Å²) in [5, 5.41) is 11.1. The molecule has 0 radical (unpaired) electrons. The lowest BCUT2D eigenvalue weighted by molar-refractivity contribution is -0.174. The Bertz CT molecular complexity index is 1270. The molecular weight excluding hydrogens is 456 g/mol. The number of nitrogens with one attached hydrogen (secondary N) is 1. The van der Waals surface area contributed by atoms with E-state index in [-0.39, 0.29) is 11.4 Å². The average Bonchev–Trinajstić information content (AvgIpc) is 3.15. The molecule has 11 heteroatoms. The van der Waals surface area contributed by atoms with Crippen molar-refractivity contribution >= 4 is 29.3 Å². The van der Waals surface area contributed by atoms with Crippen molar-refractivity contribution in [2.24, 2.45) is 10.2 Å². The number of H-pyrrole nitrogens is 1. The predicted octanol–water partition coefficient (Wildman–Crippen LogP) is 3.68. The highest BCUT2D eigenvalue weighted by Gasteiger charge is 2.35. The van der Waals surface area contributed by atoms with E-state index >= 15 is 0 Å². The van der Waals surface area contributed by atoms with Crippen LogP contribution in [0.25, 0.3) is 5.69 Å². The number of hydrogen-bond donors (Lipinski definition) is 1. The van der Waals surface area contributed by atoms with Crippen molar-refractivity contribution in [3.8, 4) is 5.69 Å². The van der Waals surface area contributed by atoms with E-state index in [0.29, 0.717) is 11.4 Å². The van der Waals surface area contributed by atoms with Crippen LogP contribution >= 0.6 is 0 Å². The van der Waals surface area contributed by atoms with E-state index in [9.17, 15) is 19.2 Å². The minimum Gasteiger partial charge on any atom is -0.462 e. The van der Waals surface area contributed by atoms with Gasteiger partial charge in [0.15, 0.2) is 17.9 Å². The zero-order valence-electron chi connectivity index (χ0n) is 19.3. The Morgan fingerprint density at radius 3 is 2.03 bits per heavy atom. The molecule has 0 spiro atoms. The van der Waals surface area contributed by atoms with Gasteiger partial charge < -0.3 is 14.2 Å². The number of rotatable bonds is 9. The van der Waals surface area contributed by atoms with Gasteiger partial charge in [0.2, 0.25) is 0 Å². The normalized spacial score (nSPS) is 12.7. The lowest BCUT2D eigenvalue weighted by Crippen LogP contribution is -2.33. The number of para-hydroxylation sites is 1. The first-order valence-corrected chi connectivity index (χ1v) is 10.6. The number of azo groups is 1. The van der Waals surface area contributed by atoms with Gasteiger partial charge in [-0.05, 0) is 24.3 Å². The van der Waals surface area contributed by atoms with Crippen molar-refractivity contribution in [3.63, 3.8) is 0 Å². The summed E-state index contributed by atoms with van der Waals surface area (Å²) in [6, 6.07) is 17.3. The first-order chi connectivity index (χ1) is 16.8. The van der Waals surface area contributed by atoms with E-state index in [0.717, 1.165) is 13.8 Å². The molecular formula is C24H24N4O7. The maximum absolute atomic E-state index is 13.4.